The number of hydrogen-bond acceptors (Lipinski definition) is 2. The molecule has 5 heteroatoms. The topological polar surface area (TPSA) is 18.5 Å². The summed E-state index contributed by atoms with van der Waals surface area (Å²) in [7, 11) is 1.42. The predicted octanol–water partition coefficient (Wildman–Crippen LogP) is 4.09. The zero-order valence-corrected chi connectivity index (χ0v) is 11.1. The van der Waals surface area contributed by atoms with Gasteiger partial charge in [-0.3, -0.25) is 0 Å². The number of halogens is 3. The molecule has 0 aliphatic carbocycles. The van der Waals surface area contributed by atoms with Crippen LogP contribution in [0.5, 0.6) is 11.5 Å². The fraction of sp³-hybridized carbons (Fsp3) is 0.333. The summed E-state index contributed by atoms with van der Waals surface area (Å²) in [6.45, 7) is -0.983. The number of methoxy groups -OCH3 is 1. The summed E-state index contributed by atoms with van der Waals surface area (Å²) in [4.78, 5) is 0. The van der Waals surface area contributed by atoms with Gasteiger partial charge >= 0.3 is 6.61 Å². The van der Waals surface area contributed by atoms with E-state index in [4.69, 9.17) is 4.74 Å². The van der Waals surface area contributed by atoms with E-state index in [1.54, 1.807) is 24.3 Å². The van der Waals surface area contributed by atoms with Gasteiger partial charge in [0.2, 0.25) is 0 Å². The van der Waals surface area contributed by atoms with Crippen molar-refractivity contribution in [2.75, 3.05) is 12.4 Å². The van der Waals surface area contributed by atoms with E-state index in [1.807, 2.05) is 6.92 Å². The minimum Gasteiger partial charge on any atom is -0.493 e. The maximum Gasteiger partial charge on any atom is 0.387 e. The predicted molar refractivity (Wildman–Crippen MR) is 67.1 cm³/mol. The lowest BCUT2D eigenvalue weighted by molar-refractivity contribution is -0.0513. The van der Waals surface area contributed by atoms with E-state index in [9.17, 15) is 8.78 Å². The van der Waals surface area contributed by atoms with Crippen LogP contribution in [-0.2, 0) is 0 Å². The molecular weight excluding hydrogens is 294 g/mol. The zero-order chi connectivity index (χ0) is 12.8. The summed E-state index contributed by atoms with van der Waals surface area (Å²) in [6, 6.07) is 5.01. The summed E-state index contributed by atoms with van der Waals surface area (Å²) in [5.41, 5.74) is 1.57. The van der Waals surface area contributed by atoms with Gasteiger partial charge in [-0.05, 0) is 13.0 Å². The Morgan fingerprint density at radius 3 is 2.71 bits per heavy atom. The lowest BCUT2D eigenvalue weighted by Crippen LogP contribution is -2.05. The molecule has 1 aromatic rings. The maximum absolute atomic E-state index is 12.3. The van der Waals surface area contributed by atoms with Crippen LogP contribution >= 0.6 is 15.9 Å². The van der Waals surface area contributed by atoms with Gasteiger partial charge in [-0.2, -0.15) is 8.78 Å². The summed E-state index contributed by atoms with van der Waals surface area (Å²) in [6.07, 6.45) is 1.77. The van der Waals surface area contributed by atoms with Crippen LogP contribution in [0.1, 0.15) is 12.5 Å². The van der Waals surface area contributed by atoms with Crippen molar-refractivity contribution < 1.29 is 18.3 Å². The molecule has 1 aromatic carbocycles. The van der Waals surface area contributed by atoms with E-state index in [1.165, 1.54) is 7.11 Å². The molecule has 0 fully saturated rings. The molecule has 0 unspecified atom stereocenters. The second-order valence-electron chi connectivity index (χ2n) is 3.38. The molecule has 0 saturated heterocycles. The molecule has 0 aliphatic heterocycles. The molecule has 17 heavy (non-hydrogen) atoms. The fourth-order valence-electron chi connectivity index (χ4n) is 1.33. The van der Waals surface area contributed by atoms with Crippen molar-refractivity contribution in [1.82, 2.24) is 0 Å². The second-order valence-corrected chi connectivity index (χ2v) is 3.94. The lowest BCUT2D eigenvalue weighted by atomic mass is 10.1. The molecule has 0 spiro atoms. The molecule has 1 rings (SSSR count). The third-order valence-electron chi connectivity index (χ3n) is 2.05. The molecule has 0 saturated carbocycles. The van der Waals surface area contributed by atoms with Gasteiger partial charge in [0.1, 0.15) is 0 Å². The normalized spacial score (nSPS) is 11.8. The minimum absolute atomic E-state index is 0.0605. The largest absolute Gasteiger partial charge is 0.493 e. The Morgan fingerprint density at radius 1 is 1.47 bits per heavy atom. The Bertz CT molecular complexity index is 405. The molecule has 0 N–H and O–H groups in total. The van der Waals surface area contributed by atoms with Gasteiger partial charge in [0, 0.05) is 10.9 Å². The maximum atomic E-state index is 12.3. The summed E-state index contributed by atoms with van der Waals surface area (Å²) in [5.74, 6) is 0.353. The first kappa shape index (κ1) is 14.0. The number of alkyl halides is 3. The van der Waals surface area contributed by atoms with Crippen molar-refractivity contribution in [3.63, 3.8) is 0 Å². The van der Waals surface area contributed by atoms with Crippen LogP contribution in [0.2, 0.25) is 0 Å². The molecule has 2 nitrogen and oxygen atoms in total. The molecule has 0 bridgehead atoms. The average molecular weight is 307 g/mol. The van der Waals surface area contributed by atoms with Gasteiger partial charge in [-0.25, -0.2) is 0 Å². The molecule has 0 atom stereocenters. The van der Waals surface area contributed by atoms with Crippen LogP contribution in [0.4, 0.5) is 8.78 Å². The molecule has 94 valence electrons. The van der Waals surface area contributed by atoms with Gasteiger partial charge in [0.25, 0.3) is 0 Å². The van der Waals surface area contributed by atoms with Gasteiger partial charge in [-0.15, -0.1) is 0 Å². The minimum atomic E-state index is -2.87. The van der Waals surface area contributed by atoms with Crippen LogP contribution in [0.3, 0.4) is 0 Å². The first-order valence-corrected chi connectivity index (χ1v) is 6.05. The number of rotatable bonds is 5. The average Bonchev–Trinajstić information content (AvgIpc) is 2.30. The van der Waals surface area contributed by atoms with E-state index in [2.05, 4.69) is 20.7 Å². The molecule has 0 heterocycles. The van der Waals surface area contributed by atoms with Crippen LogP contribution in [0.25, 0.3) is 6.08 Å². The number of ether oxygens (including phenoxy) is 2. The van der Waals surface area contributed by atoms with Gasteiger partial charge in [0.05, 0.1) is 7.11 Å². The summed E-state index contributed by atoms with van der Waals surface area (Å²) < 4.78 is 34.2. The Hall–Kier alpha value is -1.10. The van der Waals surface area contributed by atoms with E-state index >= 15 is 0 Å². The molecular formula is C12H13BrF2O2. The third-order valence-corrected chi connectivity index (χ3v) is 2.93. The molecule has 0 amide bonds. The Kier molecular flexibility index (Phi) is 5.41. The highest BCUT2D eigenvalue weighted by molar-refractivity contribution is 9.09. The SMILES string of the molecule is COc1cccc(C=C(C)CBr)c1OC(F)F. The number of para-hydroxylation sites is 1. The van der Waals surface area contributed by atoms with Crippen LogP contribution in [0, 0.1) is 0 Å². The van der Waals surface area contributed by atoms with Crippen molar-refractivity contribution in [2.24, 2.45) is 0 Å². The highest BCUT2D eigenvalue weighted by Gasteiger charge is 2.13. The van der Waals surface area contributed by atoms with Crippen LogP contribution < -0.4 is 9.47 Å². The fourth-order valence-corrected chi connectivity index (χ4v) is 1.49. The van der Waals surface area contributed by atoms with E-state index in [0.29, 0.717) is 16.6 Å². The highest BCUT2D eigenvalue weighted by Crippen LogP contribution is 2.33. The lowest BCUT2D eigenvalue weighted by Gasteiger charge is -2.12. The van der Waals surface area contributed by atoms with Gasteiger partial charge < -0.3 is 9.47 Å². The number of benzene rings is 1. The van der Waals surface area contributed by atoms with Crippen molar-refractivity contribution in [2.45, 2.75) is 13.5 Å². The Morgan fingerprint density at radius 2 is 2.18 bits per heavy atom. The Labute approximate surface area is 107 Å². The monoisotopic (exact) mass is 306 g/mol. The number of hydrogen-bond donors (Lipinski definition) is 0. The first-order chi connectivity index (χ1) is 8.08. The van der Waals surface area contributed by atoms with Crippen molar-refractivity contribution in [1.29, 1.82) is 0 Å². The standard InChI is InChI=1S/C12H13BrF2O2/c1-8(7-13)6-9-4-3-5-10(16-2)11(9)17-12(14)15/h3-6,12H,7H2,1-2H3. The van der Waals surface area contributed by atoms with Gasteiger partial charge in [0.15, 0.2) is 11.5 Å². The molecule has 0 radical (unpaired) electrons. The van der Waals surface area contributed by atoms with Crippen molar-refractivity contribution in [3.8, 4) is 11.5 Å². The second kappa shape index (κ2) is 6.59. The van der Waals surface area contributed by atoms with E-state index in [0.717, 1.165) is 5.57 Å². The van der Waals surface area contributed by atoms with Gasteiger partial charge in [-0.1, -0.05) is 39.7 Å². The molecule has 0 aromatic heterocycles. The van der Waals surface area contributed by atoms with Crippen LogP contribution in [-0.4, -0.2) is 19.1 Å². The zero-order valence-electron chi connectivity index (χ0n) is 9.54. The smallest absolute Gasteiger partial charge is 0.387 e. The third kappa shape index (κ3) is 4.00. The quantitative estimate of drug-likeness (QED) is 0.763. The van der Waals surface area contributed by atoms with Crippen LogP contribution in [0.15, 0.2) is 23.8 Å². The van der Waals surface area contributed by atoms with Crippen molar-refractivity contribution >= 4 is 22.0 Å². The summed E-state index contributed by atoms with van der Waals surface area (Å²) >= 11 is 3.29. The van der Waals surface area contributed by atoms with E-state index in [-0.39, 0.29) is 5.75 Å². The first-order valence-electron chi connectivity index (χ1n) is 4.93. The summed E-state index contributed by atoms with van der Waals surface area (Å²) in [5, 5.41) is 0.665. The van der Waals surface area contributed by atoms with Crippen molar-refractivity contribution in [3.05, 3.63) is 29.3 Å². The highest BCUT2D eigenvalue weighted by atomic mass is 79.9. The van der Waals surface area contributed by atoms with E-state index < -0.39 is 6.61 Å². The molecule has 0 aliphatic rings. The Balaban J connectivity index is 3.19. The number of allylic oxidation sites excluding steroid dienone is 1.